The summed E-state index contributed by atoms with van der Waals surface area (Å²) in [7, 11) is 0. The monoisotopic (exact) mass is 470 g/mol. The Balaban J connectivity index is 0.000000271. The Bertz CT molecular complexity index is 1460. The van der Waals surface area contributed by atoms with E-state index in [4.69, 9.17) is 16.7 Å². The van der Waals surface area contributed by atoms with E-state index in [0.717, 1.165) is 16.7 Å². The van der Waals surface area contributed by atoms with Crippen LogP contribution in [0.1, 0.15) is 23.7 Å². The van der Waals surface area contributed by atoms with Crippen LogP contribution in [0.4, 0.5) is 29.3 Å². The smallest absolute Gasteiger partial charge is 0.382 e. The van der Waals surface area contributed by atoms with Crippen LogP contribution in [0.25, 0.3) is 16.5 Å². The van der Waals surface area contributed by atoms with Crippen molar-refractivity contribution in [2.45, 2.75) is 19.5 Å². The lowest BCUT2D eigenvalue weighted by Gasteiger charge is -2.16. The molecule has 0 amide bonds. The van der Waals surface area contributed by atoms with E-state index >= 15 is 0 Å². The zero-order chi connectivity index (χ0) is 25.0. The minimum Gasteiger partial charge on any atom is -0.382 e. The first-order chi connectivity index (χ1) is 16.1. The Morgan fingerprint density at radius 3 is 2.41 bits per heavy atom. The molecule has 174 valence electrons. The maximum Gasteiger partial charge on any atom is 0.417 e. The first kappa shape index (κ1) is 24.2. The fourth-order valence-corrected chi connectivity index (χ4v) is 3.31. The fourth-order valence-electron chi connectivity index (χ4n) is 3.31. The van der Waals surface area contributed by atoms with Crippen molar-refractivity contribution in [3.05, 3.63) is 87.7 Å². The molecule has 0 spiro atoms. The lowest BCUT2D eigenvalue weighted by atomic mass is 10.0. The Hall–Kier alpha value is -4.46. The van der Waals surface area contributed by atoms with Crippen molar-refractivity contribution >= 4 is 22.5 Å². The molecule has 0 aliphatic rings. The summed E-state index contributed by atoms with van der Waals surface area (Å²) in [5.74, 6) is -0.364. The highest BCUT2D eigenvalue weighted by atomic mass is 19.4. The molecule has 0 radical (unpaired) electrons. The van der Waals surface area contributed by atoms with Gasteiger partial charge >= 0.3 is 6.18 Å². The molecule has 4 aromatic rings. The molecular weight excluding hydrogens is 452 g/mol. The number of nitrogen functional groups attached to an aromatic ring is 2. The number of halogens is 4. The van der Waals surface area contributed by atoms with Crippen LogP contribution >= 0.6 is 0 Å². The van der Waals surface area contributed by atoms with Gasteiger partial charge in [-0.25, -0.2) is 9.37 Å². The van der Waals surface area contributed by atoms with Gasteiger partial charge in [-0.2, -0.15) is 23.4 Å². The average Bonchev–Trinajstić information content (AvgIpc) is 2.78. The number of alkyl halides is 3. The molecule has 11 heteroatoms. The Morgan fingerprint density at radius 2 is 1.82 bits per heavy atom. The second-order valence-corrected chi connectivity index (χ2v) is 7.02. The number of anilines is 2. The summed E-state index contributed by atoms with van der Waals surface area (Å²) in [6.07, 6.45) is -2.94. The van der Waals surface area contributed by atoms with Gasteiger partial charge in [0.05, 0.1) is 22.8 Å². The molecule has 0 aliphatic carbocycles. The van der Waals surface area contributed by atoms with Gasteiger partial charge in [0.25, 0.3) is 5.56 Å². The van der Waals surface area contributed by atoms with Gasteiger partial charge in [0, 0.05) is 5.69 Å². The number of benzene rings is 2. The number of nitrogens with zero attached hydrogens (tertiary/aromatic N) is 4. The number of hydrogen-bond acceptors (Lipinski definition) is 6. The predicted octanol–water partition coefficient (Wildman–Crippen LogP) is 4.22. The third-order valence-corrected chi connectivity index (χ3v) is 4.81. The van der Waals surface area contributed by atoms with E-state index in [1.807, 2.05) is 6.07 Å². The number of hydrogen-bond donors (Lipinski definition) is 2. The van der Waals surface area contributed by atoms with Crippen LogP contribution in [0.2, 0.25) is 0 Å². The maximum absolute atomic E-state index is 13.5. The summed E-state index contributed by atoms with van der Waals surface area (Å²) in [5, 5.41) is 8.17. The highest BCUT2D eigenvalue weighted by Gasteiger charge is 2.34. The summed E-state index contributed by atoms with van der Waals surface area (Å²) in [6, 6.07) is 12.2. The van der Waals surface area contributed by atoms with E-state index in [9.17, 15) is 22.4 Å². The molecule has 4 rings (SSSR count). The molecule has 2 aromatic heterocycles. The van der Waals surface area contributed by atoms with Crippen LogP contribution < -0.4 is 17.0 Å². The van der Waals surface area contributed by atoms with Gasteiger partial charge in [0.1, 0.15) is 23.3 Å². The fraction of sp³-hybridized carbons (Fsp3) is 0.130. The highest BCUT2D eigenvalue weighted by molar-refractivity contribution is 5.86. The van der Waals surface area contributed by atoms with Crippen molar-refractivity contribution in [2.24, 2.45) is 0 Å². The second kappa shape index (κ2) is 9.58. The number of pyridine rings is 1. The lowest BCUT2D eigenvalue weighted by molar-refractivity contribution is -0.136. The zero-order valence-electron chi connectivity index (χ0n) is 17.8. The van der Waals surface area contributed by atoms with Gasteiger partial charge < -0.3 is 11.5 Å². The molecule has 0 unspecified atom stereocenters. The van der Waals surface area contributed by atoms with E-state index in [2.05, 4.69) is 9.97 Å². The van der Waals surface area contributed by atoms with Crippen molar-refractivity contribution in [2.75, 3.05) is 11.5 Å². The molecule has 7 nitrogen and oxygen atoms in total. The average molecular weight is 470 g/mol. The standard InChI is InChI=1S/C18H13F4NO.C5H5N5/c1-2-13-9-11-5-3-8-15(18(20,21)22)16(11)17(24)23(13)14-7-4-6-12(19)10-14;6-1-3-2-9-5(8)10-4(3)7/h3-10H,2H2,1H3;2H,(H4,7,8,9,10). The zero-order valence-corrected chi connectivity index (χ0v) is 17.8. The van der Waals surface area contributed by atoms with Gasteiger partial charge in [-0.1, -0.05) is 25.1 Å². The van der Waals surface area contributed by atoms with Crippen LogP contribution in [-0.4, -0.2) is 14.5 Å². The molecule has 4 N–H and O–H groups in total. The Kier molecular flexibility index (Phi) is 6.81. The third-order valence-electron chi connectivity index (χ3n) is 4.81. The van der Waals surface area contributed by atoms with Crippen LogP contribution in [-0.2, 0) is 12.6 Å². The number of fused-ring (bicyclic) bond motifs is 1. The van der Waals surface area contributed by atoms with Gasteiger partial charge in [-0.3, -0.25) is 9.36 Å². The lowest BCUT2D eigenvalue weighted by Crippen LogP contribution is -2.24. The van der Waals surface area contributed by atoms with Crippen LogP contribution in [0.15, 0.2) is 59.5 Å². The van der Waals surface area contributed by atoms with Gasteiger partial charge in [-0.05, 0) is 42.1 Å². The summed E-state index contributed by atoms with van der Waals surface area (Å²) in [6.45, 7) is 1.78. The number of nitrogens with two attached hydrogens (primary N) is 2. The predicted molar refractivity (Wildman–Crippen MR) is 119 cm³/mol. The molecule has 0 atom stereocenters. The van der Waals surface area contributed by atoms with E-state index in [-0.39, 0.29) is 28.4 Å². The summed E-state index contributed by atoms with van der Waals surface area (Å²) in [4.78, 5) is 20.0. The van der Waals surface area contributed by atoms with Crippen LogP contribution in [0, 0.1) is 17.1 Å². The summed E-state index contributed by atoms with van der Waals surface area (Å²) < 4.78 is 54.5. The minimum atomic E-state index is -4.65. The number of nitriles is 1. The first-order valence-corrected chi connectivity index (χ1v) is 9.85. The minimum absolute atomic E-state index is 0.0801. The number of aryl methyl sites for hydroxylation is 1. The molecular formula is C23H18F4N6O. The summed E-state index contributed by atoms with van der Waals surface area (Å²) >= 11 is 0. The number of rotatable bonds is 2. The van der Waals surface area contributed by atoms with Crippen LogP contribution in [0.3, 0.4) is 0 Å². The molecule has 0 saturated heterocycles. The van der Waals surface area contributed by atoms with E-state index in [1.165, 1.54) is 42.6 Å². The number of aromatic nitrogens is 3. The van der Waals surface area contributed by atoms with E-state index in [1.54, 1.807) is 6.92 Å². The largest absolute Gasteiger partial charge is 0.417 e. The van der Waals surface area contributed by atoms with E-state index < -0.39 is 28.5 Å². The quantitative estimate of drug-likeness (QED) is 0.423. The van der Waals surface area contributed by atoms with Crippen molar-refractivity contribution in [1.29, 1.82) is 5.26 Å². The third kappa shape index (κ3) is 4.96. The molecule has 0 fully saturated rings. The maximum atomic E-state index is 13.5. The SMILES string of the molecule is CCc1cc2cccc(C(F)(F)F)c2c(=O)n1-c1cccc(F)c1.N#Cc1cnc(N)nc1N. The van der Waals surface area contributed by atoms with Gasteiger partial charge in [0.15, 0.2) is 0 Å². The summed E-state index contributed by atoms with van der Waals surface area (Å²) in [5.41, 5.74) is 9.62. The Morgan fingerprint density at radius 1 is 1.12 bits per heavy atom. The molecule has 0 aliphatic heterocycles. The topological polar surface area (TPSA) is 124 Å². The highest BCUT2D eigenvalue weighted by Crippen LogP contribution is 2.33. The van der Waals surface area contributed by atoms with Gasteiger partial charge in [-0.15, -0.1) is 0 Å². The normalized spacial score (nSPS) is 10.9. The van der Waals surface area contributed by atoms with Crippen molar-refractivity contribution in [3.63, 3.8) is 0 Å². The molecule has 2 heterocycles. The van der Waals surface area contributed by atoms with Crippen LogP contribution in [0.5, 0.6) is 0 Å². The van der Waals surface area contributed by atoms with Gasteiger partial charge in [0.2, 0.25) is 5.95 Å². The first-order valence-electron chi connectivity index (χ1n) is 9.85. The molecule has 2 aromatic carbocycles. The Labute approximate surface area is 190 Å². The van der Waals surface area contributed by atoms with Crippen molar-refractivity contribution < 1.29 is 17.6 Å². The van der Waals surface area contributed by atoms with Crippen molar-refractivity contribution in [1.82, 2.24) is 14.5 Å². The molecule has 0 bridgehead atoms. The van der Waals surface area contributed by atoms with E-state index in [0.29, 0.717) is 12.1 Å². The second-order valence-electron chi connectivity index (χ2n) is 7.02. The molecule has 34 heavy (non-hydrogen) atoms. The van der Waals surface area contributed by atoms with Crippen molar-refractivity contribution in [3.8, 4) is 11.8 Å². The molecule has 0 saturated carbocycles.